The van der Waals surface area contributed by atoms with Crippen molar-refractivity contribution in [2.45, 2.75) is 31.9 Å². The van der Waals surface area contributed by atoms with Gasteiger partial charge in [0.1, 0.15) is 6.04 Å². The van der Waals surface area contributed by atoms with Crippen molar-refractivity contribution in [1.29, 1.82) is 0 Å². The molecule has 2 unspecified atom stereocenters. The van der Waals surface area contributed by atoms with Gasteiger partial charge in [-0.1, -0.05) is 18.2 Å². The molecule has 1 aliphatic rings. The van der Waals surface area contributed by atoms with Gasteiger partial charge in [-0.05, 0) is 25.0 Å². The Morgan fingerprint density at radius 2 is 2.28 bits per heavy atom. The number of aliphatic hydroxyl groups excluding tert-OH is 1. The van der Waals surface area contributed by atoms with Gasteiger partial charge >= 0.3 is 0 Å². The van der Waals surface area contributed by atoms with Gasteiger partial charge < -0.3 is 15.3 Å². The summed E-state index contributed by atoms with van der Waals surface area (Å²) in [4.78, 5) is 13.9. The fraction of sp³-hybridized carbons (Fsp3) is 0.500. The Morgan fingerprint density at radius 1 is 1.56 bits per heavy atom. The normalized spacial score (nSPS) is 18.9. The summed E-state index contributed by atoms with van der Waals surface area (Å²) in [6.07, 6.45) is 0.990. The van der Waals surface area contributed by atoms with Gasteiger partial charge in [0.15, 0.2) is 0 Å². The van der Waals surface area contributed by atoms with E-state index in [-0.39, 0.29) is 18.1 Å². The smallest absolute Gasteiger partial charge is 0.245 e. The Balaban J connectivity index is 1.92. The van der Waals surface area contributed by atoms with Crippen molar-refractivity contribution in [2.24, 2.45) is 0 Å². The van der Waals surface area contributed by atoms with Crippen LogP contribution in [0.5, 0.6) is 0 Å². The van der Waals surface area contributed by atoms with Crippen LogP contribution in [-0.2, 0) is 11.2 Å². The number of carbonyl (C=O) groups excluding carboxylic acids is 1. The van der Waals surface area contributed by atoms with Crippen molar-refractivity contribution < 1.29 is 9.90 Å². The first-order chi connectivity index (χ1) is 8.58. The molecule has 2 N–H and O–H groups in total. The van der Waals surface area contributed by atoms with Gasteiger partial charge in [-0.2, -0.15) is 0 Å². The number of anilines is 1. The zero-order chi connectivity index (χ0) is 13.1. The van der Waals surface area contributed by atoms with Gasteiger partial charge in [-0.25, -0.2) is 0 Å². The van der Waals surface area contributed by atoms with Crippen molar-refractivity contribution in [1.82, 2.24) is 4.90 Å². The zero-order valence-corrected chi connectivity index (χ0v) is 10.9. The van der Waals surface area contributed by atoms with Crippen LogP contribution in [0, 0.1) is 0 Å². The third-order valence-corrected chi connectivity index (χ3v) is 3.33. The van der Waals surface area contributed by atoms with Gasteiger partial charge in [0.05, 0.1) is 6.10 Å². The lowest BCUT2D eigenvalue weighted by molar-refractivity contribution is -0.130. The number of rotatable bonds is 4. The Labute approximate surface area is 108 Å². The highest BCUT2D eigenvalue weighted by atomic mass is 16.3. The first-order valence-corrected chi connectivity index (χ1v) is 6.35. The summed E-state index contributed by atoms with van der Waals surface area (Å²) in [5.41, 5.74) is 2.25. The van der Waals surface area contributed by atoms with Gasteiger partial charge in [-0.3, -0.25) is 4.79 Å². The van der Waals surface area contributed by atoms with E-state index in [1.54, 1.807) is 18.9 Å². The standard InChI is InChI=1S/C14H20N2O2/c1-10(17)7-8-16(2)14(18)13-9-11-5-3-4-6-12(11)15-13/h3-6,10,13,15,17H,7-9H2,1-2H3. The summed E-state index contributed by atoms with van der Waals surface area (Å²) in [6, 6.07) is 7.84. The van der Waals surface area contributed by atoms with Crippen molar-refractivity contribution in [3.63, 3.8) is 0 Å². The van der Waals surface area contributed by atoms with E-state index in [4.69, 9.17) is 0 Å². The number of benzene rings is 1. The van der Waals surface area contributed by atoms with E-state index in [2.05, 4.69) is 5.32 Å². The number of nitrogens with one attached hydrogen (secondary N) is 1. The molecule has 0 saturated carbocycles. The highest BCUT2D eigenvalue weighted by molar-refractivity contribution is 5.87. The van der Waals surface area contributed by atoms with Crippen molar-refractivity contribution >= 4 is 11.6 Å². The Bertz CT molecular complexity index is 407. The molecule has 1 amide bonds. The second-order valence-corrected chi connectivity index (χ2v) is 4.96. The van der Waals surface area contributed by atoms with Crippen LogP contribution in [0.1, 0.15) is 18.9 Å². The van der Waals surface area contributed by atoms with Crippen LogP contribution in [0.15, 0.2) is 24.3 Å². The molecule has 0 fully saturated rings. The number of hydrogen-bond donors (Lipinski definition) is 2. The predicted molar refractivity (Wildman–Crippen MR) is 71.5 cm³/mol. The molecule has 0 aromatic heterocycles. The van der Waals surface area contributed by atoms with Crippen LogP contribution in [-0.4, -0.2) is 41.7 Å². The molecule has 1 heterocycles. The van der Waals surface area contributed by atoms with E-state index in [0.29, 0.717) is 13.0 Å². The quantitative estimate of drug-likeness (QED) is 0.843. The van der Waals surface area contributed by atoms with Crippen molar-refractivity contribution in [2.75, 3.05) is 18.9 Å². The predicted octanol–water partition coefficient (Wildman–Crippen LogP) is 1.25. The lowest BCUT2D eigenvalue weighted by Crippen LogP contribution is -2.40. The number of para-hydroxylation sites is 1. The summed E-state index contributed by atoms with van der Waals surface area (Å²) in [7, 11) is 1.79. The maximum Gasteiger partial charge on any atom is 0.245 e. The number of likely N-dealkylation sites (N-methyl/N-ethyl adjacent to an activating group) is 1. The lowest BCUT2D eigenvalue weighted by atomic mass is 10.1. The number of amides is 1. The van der Waals surface area contributed by atoms with Gasteiger partial charge in [-0.15, -0.1) is 0 Å². The Hall–Kier alpha value is -1.55. The molecule has 1 aromatic rings. The van der Waals surface area contributed by atoms with E-state index in [1.165, 1.54) is 5.56 Å². The molecule has 0 radical (unpaired) electrons. The maximum atomic E-state index is 12.2. The first kappa shape index (κ1) is 12.9. The zero-order valence-electron chi connectivity index (χ0n) is 10.9. The molecular formula is C14H20N2O2. The molecule has 0 aliphatic carbocycles. The molecule has 0 spiro atoms. The van der Waals surface area contributed by atoms with Crippen molar-refractivity contribution in [3.05, 3.63) is 29.8 Å². The minimum Gasteiger partial charge on any atom is -0.393 e. The molecule has 1 aromatic carbocycles. The molecule has 98 valence electrons. The molecule has 2 rings (SSSR count). The van der Waals surface area contributed by atoms with Gasteiger partial charge in [0.25, 0.3) is 0 Å². The molecule has 1 aliphatic heterocycles. The van der Waals surface area contributed by atoms with Crippen LogP contribution < -0.4 is 5.32 Å². The monoisotopic (exact) mass is 248 g/mol. The second kappa shape index (κ2) is 5.40. The highest BCUT2D eigenvalue weighted by Crippen LogP contribution is 2.25. The molecule has 2 atom stereocenters. The second-order valence-electron chi connectivity index (χ2n) is 4.96. The van der Waals surface area contributed by atoms with E-state index < -0.39 is 0 Å². The topological polar surface area (TPSA) is 52.6 Å². The minimum atomic E-state index is -0.367. The van der Waals surface area contributed by atoms with Crippen LogP contribution in [0.25, 0.3) is 0 Å². The molecule has 0 bridgehead atoms. The van der Waals surface area contributed by atoms with E-state index in [1.807, 2.05) is 24.3 Å². The molecular weight excluding hydrogens is 228 g/mol. The third-order valence-electron chi connectivity index (χ3n) is 3.33. The van der Waals surface area contributed by atoms with Crippen LogP contribution in [0.2, 0.25) is 0 Å². The van der Waals surface area contributed by atoms with Crippen LogP contribution in [0.4, 0.5) is 5.69 Å². The maximum absolute atomic E-state index is 12.2. The lowest BCUT2D eigenvalue weighted by Gasteiger charge is -2.22. The summed E-state index contributed by atoms with van der Waals surface area (Å²) < 4.78 is 0. The highest BCUT2D eigenvalue weighted by Gasteiger charge is 2.28. The number of hydrogen-bond acceptors (Lipinski definition) is 3. The largest absolute Gasteiger partial charge is 0.393 e. The van der Waals surface area contributed by atoms with E-state index in [9.17, 15) is 9.90 Å². The third kappa shape index (κ3) is 2.82. The van der Waals surface area contributed by atoms with E-state index in [0.717, 1.165) is 12.1 Å². The van der Waals surface area contributed by atoms with E-state index >= 15 is 0 Å². The van der Waals surface area contributed by atoms with Crippen LogP contribution in [0.3, 0.4) is 0 Å². The fourth-order valence-corrected chi connectivity index (χ4v) is 2.20. The average Bonchev–Trinajstić information content (AvgIpc) is 2.78. The van der Waals surface area contributed by atoms with Crippen LogP contribution >= 0.6 is 0 Å². The summed E-state index contributed by atoms with van der Waals surface area (Å²) in [5.74, 6) is 0.0897. The number of carbonyl (C=O) groups is 1. The summed E-state index contributed by atoms with van der Waals surface area (Å²) in [5, 5.41) is 12.5. The molecule has 18 heavy (non-hydrogen) atoms. The molecule has 4 nitrogen and oxygen atoms in total. The van der Waals surface area contributed by atoms with Gasteiger partial charge in [0, 0.05) is 25.7 Å². The van der Waals surface area contributed by atoms with Gasteiger partial charge in [0.2, 0.25) is 5.91 Å². The SMILES string of the molecule is CC(O)CCN(C)C(=O)C1Cc2ccccc2N1. The number of fused-ring (bicyclic) bond motifs is 1. The fourth-order valence-electron chi connectivity index (χ4n) is 2.20. The summed E-state index contributed by atoms with van der Waals surface area (Å²) in [6.45, 7) is 2.33. The first-order valence-electron chi connectivity index (χ1n) is 6.35. The van der Waals surface area contributed by atoms with Crippen molar-refractivity contribution in [3.8, 4) is 0 Å². The summed E-state index contributed by atoms with van der Waals surface area (Å²) >= 11 is 0. The molecule has 4 heteroatoms. The number of aliphatic hydroxyl groups is 1. The molecule has 0 saturated heterocycles. The Kier molecular flexibility index (Phi) is 3.87. The average molecular weight is 248 g/mol. The number of nitrogens with zero attached hydrogens (tertiary/aromatic N) is 1. The minimum absolute atomic E-state index is 0.0897. The Morgan fingerprint density at radius 3 is 2.94 bits per heavy atom.